The van der Waals surface area contributed by atoms with Crippen molar-refractivity contribution in [3.63, 3.8) is 0 Å². The van der Waals surface area contributed by atoms with Gasteiger partial charge in [-0.1, -0.05) is 6.92 Å². The predicted molar refractivity (Wildman–Crippen MR) is 69.0 cm³/mol. The van der Waals surface area contributed by atoms with E-state index in [0.717, 1.165) is 13.0 Å². The number of nitrogens with zero attached hydrogens (tertiary/aromatic N) is 1. The van der Waals surface area contributed by atoms with E-state index in [1.54, 1.807) is 0 Å². The van der Waals surface area contributed by atoms with Crippen LogP contribution in [0.2, 0.25) is 0 Å². The Bertz CT molecular complexity index is 261. The summed E-state index contributed by atoms with van der Waals surface area (Å²) in [5.74, 6) is 0.276. The van der Waals surface area contributed by atoms with Gasteiger partial charge in [-0.2, -0.15) is 13.2 Å². The molecule has 1 heterocycles. The Morgan fingerprint density at radius 1 is 1.37 bits per heavy atom. The molecule has 1 fully saturated rings. The van der Waals surface area contributed by atoms with Gasteiger partial charge in [0.05, 0.1) is 6.54 Å². The molecule has 2 N–H and O–H groups in total. The number of hydrogen-bond donors (Lipinski definition) is 2. The minimum Gasteiger partial charge on any atom is -0.396 e. The molecule has 0 saturated carbocycles. The van der Waals surface area contributed by atoms with Gasteiger partial charge in [-0.05, 0) is 32.1 Å². The smallest absolute Gasteiger partial charge is 0.396 e. The summed E-state index contributed by atoms with van der Waals surface area (Å²) in [6.45, 7) is 4.89. The van der Waals surface area contributed by atoms with Gasteiger partial charge in [-0.3, -0.25) is 4.90 Å². The van der Waals surface area contributed by atoms with Crippen LogP contribution in [0.25, 0.3) is 0 Å². The van der Waals surface area contributed by atoms with Gasteiger partial charge in [0, 0.05) is 31.8 Å². The van der Waals surface area contributed by atoms with Crippen LogP contribution >= 0.6 is 0 Å². The Kier molecular flexibility index (Phi) is 6.56. The molecule has 0 spiro atoms. The van der Waals surface area contributed by atoms with Crippen molar-refractivity contribution in [1.29, 1.82) is 0 Å². The molecule has 0 radical (unpaired) electrons. The van der Waals surface area contributed by atoms with E-state index in [1.165, 1.54) is 0 Å². The molecule has 0 bridgehead atoms. The number of nitrogens with one attached hydrogen (secondary N) is 1. The van der Waals surface area contributed by atoms with Crippen LogP contribution in [0.3, 0.4) is 0 Å². The summed E-state index contributed by atoms with van der Waals surface area (Å²) < 4.78 is 36.8. The highest BCUT2D eigenvalue weighted by Gasteiger charge is 2.32. The number of halogens is 3. The molecule has 0 aromatic heterocycles. The first-order valence-electron chi connectivity index (χ1n) is 7.00. The van der Waals surface area contributed by atoms with Crippen molar-refractivity contribution in [2.45, 2.75) is 51.4 Å². The Balaban J connectivity index is 2.54. The number of piperidine rings is 1. The van der Waals surface area contributed by atoms with Gasteiger partial charge in [0.1, 0.15) is 0 Å². The van der Waals surface area contributed by atoms with Crippen molar-refractivity contribution in [3.8, 4) is 0 Å². The Morgan fingerprint density at radius 3 is 2.58 bits per heavy atom. The van der Waals surface area contributed by atoms with Crippen molar-refractivity contribution in [2.75, 3.05) is 26.2 Å². The molecule has 0 aromatic carbocycles. The summed E-state index contributed by atoms with van der Waals surface area (Å²) in [7, 11) is 0. The van der Waals surface area contributed by atoms with E-state index in [4.69, 9.17) is 5.11 Å². The van der Waals surface area contributed by atoms with Crippen LogP contribution in [-0.4, -0.2) is 54.5 Å². The number of hydrogen-bond acceptors (Lipinski definition) is 3. The highest BCUT2D eigenvalue weighted by atomic mass is 19.4. The minimum absolute atomic E-state index is 0.102. The SMILES string of the molecule is CCC(C)N1CC(CCO)CC(NCC(F)(F)F)C1. The van der Waals surface area contributed by atoms with E-state index in [1.807, 2.05) is 0 Å². The Morgan fingerprint density at radius 2 is 2.05 bits per heavy atom. The van der Waals surface area contributed by atoms with Crippen LogP contribution < -0.4 is 5.32 Å². The summed E-state index contributed by atoms with van der Waals surface area (Å²) in [6.07, 6.45) is -1.80. The molecule has 1 aliphatic heterocycles. The molecule has 1 saturated heterocycles. The second-order valence-corrected chi connectivity index (χ2v) is 5.52. The lowest BCUT2D eigenvalue weighted by Gasteiger charge is -2.41. The van der Waals surface area contributed by atoms with Gasteiger partial charge in [0.25, 0.3) is 0 Å². The molecule has 3 unspecified atom stereocenters. The maximum Gasteiger partial charge on any atom is 0.401 e. The van der Waals surface area contributed by atoms with Crippen LogP contribution in [-0.2, 0) is 0 Å². The van der Waals surface area contributed by atoms with Crippen LogP contribution in [0, 0.1) is 5.92 Å². The average molecular weight is 282 g/mol. The van der Waals surface area contributed by atoms with Gasteiger partial charge < -0.3 is 10.4 Å². The number of alkyl halides is 3. The fourth-order valence-corrected chi connectivity index (χ4v) is 2.66. The van der Waals surface area contributed by atoms with E-state index >= 15 is 0 Å². The molecule has 3 atom stereocenters. The molecule has 0 aliphatic carbocycles. The third kappa shape index (κ3) is 6.10. The lowest BCUT2D eigenvalue weighted by molar-refractivity contribution is -0.127. The van der Waals surface area contributed by atoms with E-state index < -0.39 is 12.7 Å². The fourth-order valence-electron chi connectivity index (χ4n) is 2.66. The topological polar surface area (TPSA) is 35.5 Å². The predicted octanol–water partition coefficient (Wildman–Crippen LogP) is 2.01. The van der Waals surface area contributed by atoms with E-state index in [0.29, 0.717) is 25.4 Å². The van der Waals surface area contributed by atoms with Crippen LogP contribution in [0.1, 0.15) is 33.1 Å². The van der Waals surface area contributed by atoms with Crippen molar-refractivity contribution >= 4 is 0 Å². The maximum absolute atomic E-state index is 12.3. The summed E-state index contributed by atoms with van der Waals surface area (Å²) in [6, 6.07) is 0.234. The molecular formula is C13H25F3N2O. The standard InChI is InChI=1S/C13H25F3N2O/c1-3-10(2)18-7-11(4-5-19)6-12(8-18)17-9-13(14,15)16/h10-12,17,19H,3-9H2,1-2H3. The van der Waals surface area contributed by atoms with Crippen molar-refractivity contribution in [1.82, 2.24) is 10.2 Å². The largest absolute Gasteiger partial charge is 0.401 e. The summed E-state index contributed by atoms with van der Waals surface area (Å²) in [4.78, 5) is 2.23. The molecule has 114 valence electrons. The average Bonchev–Trinajstić information content (AvgIpc) is 2.35. The molecule has 19 heavy (non-hydrogen) atoms. The van der Waals surface area contributed by atoms with Crippen molar-refractivity contribution in [3.05, 3.63) is 0 Å². The second kappa shape index (κ2) is 7.45. The van der Waals surface area contributed by atoms with Crippen molar-refractivity contribution < 1.29 is 18.3 Å². The molecule has 0 amide bonds. The van der Waals surface area contributed by atoms with Crippen LogP contribution in [0.5, 0.6) is 0 Å². The zero-order valence-electron chi connectivity index (χ0n) is 11.7. The Labute approximate surface area is 113 Å². The summed E-state index contributed by atoms with van der Waals surface area (Å²) >= 11 is 0. The maximum atomic E-state index is 12.3. The summed E-state index contributed by atoms with van der Waals surface area (Å²) in [5.41, 5.74) is 0. The van der Waals surface area contributed by atoms with Gasteiger partial charge in [-0.15, -0.1) is 0 Å². The number of likely N-dealkylation sites (tertiary alicyclic amines) is 1. The zero-order valence-corrected chi connectivity index (χ0v) is 11.7. The van der Waals surface area contributed by atoms with Gasteiger partial charge in [-0.25, -0.2) is 0 Å². The molecule has 1 rings (SSSR count). The number of aliphatic hydroxyl groups is 1. The highest BCUT2D eigenvalue weighted by molar-refractivity contribution is 4.86. The monoisotopic (exact) mass is 282 g/mol. The first kappa shape index (κ1) is 16.7. The lowest BCUT2D eigenvalue weighted by atomic mass is 9.90. The number of aliphatic hydroxyl groups excluding tert-OH is 1. The zero-order chi connectivity index (χ0) is 14.5. The number of rotatable bonds is 6. The molecule has 1 aliphatic rings. The quantitative estimate of drug-likeness (QED) is 0.782. The third-order valence-corrected chi connectivity index (χ3v) is 3.91. The highest BCUT2D eigenvalue weighted by Crippen LogP contribution is 2.23. The van der Waals surface area contributed by atoms with Crippen LogP contribution in [0.4, 0.5) is 13.2 Å². The molecule has 3 nitrogen and oxygen atoms in total. The van der Waals surface area contributed by atoms with E-state index in [-0.39, 0.29) is 18.6 Å². The van der Waals surface area contributed by atoms with Crippen LogP contribution in [0.15, 0.2) is 0 Å². The third-order valence-electron chi connectivity index (χ3n) is 3.91. The van der Waals surface area contributed by atoms with Gasteiger partial charge in [0.2, 0.25) is 0 Å². The fraction of sp³-hybridized carbons (Fsp3) is 1.00. The molecular weight excluding hydrogens is 257 g/mol. The van der Waals surface area contributed by atoms with Crippen molar-refractivity contribution in [2.24, 2.45) is 5.92 Å². The summed E-state index contributed by atoms with van der Waals surface area (Å²) in [5, 5.41) is 11.6. The Hall–Kier alpha value is -0.330. The van der Waals surface area contributed by atoms with Gasteiger partial charge in [0.15, 0.2) is 0 Å². The molecule has 6 heteroatoms. The first-order valence-corrected chi connectivity index (χ1v) is 7.00. The van der Waals surface area contributed by atoms with E-state index in [2.05, 4.69) is 24.1 Å². The molecule has 0 aromatic rings. The van der Waals surface area contributed by atoms with Gasteiger partial charge >= 0.3 is 6.18 Å². The van der Waals surface area contributed by atoms with E-state index in [9.17, 15) is 13.2 Å². The minimum atomic E-state index is -4.16. The first-order chi connectivity index (χ1) is 8.85. The normalized spacial score (nSPS) is 27.5. The second-order valence-electron chi connectivity index (χ2n) is 5.52. The lowest BCUT2D eigenvalue weighted by Crippen LogP contribution is -2.53.